The number of hydrogen-bond donors (Lipinski definition) is 1. The first-order chi connectivity index (χ1) is 8.30. The molecule has 1 rings (SSSR count). The Morgan fingerprint density at radius 2 is 2.06 bits per heavy atom. The van der Waals surface area contributed by atoms with E-state index >= 15 is 0 Å². The van der Waals surface area contributed by atoms with Gasteiger partial charge in [-0.2, -0.15) is 0 Å². The Bertz CT molecular complexity index is 426. The van der Waals surface area contributed by atoms with Crippen molar-refractivity contribution in [3.05, 3.63) is 15.6 Å². The lowest BCUT2D eigenvalue weighted by atomic mass is 9.93. The van der Waals surface area contributed by atoms with E-state index in [-0.39, 0.29) is 11.3 Å². The van der Waals surface area contributed by atoms with Crippen molar-refractivity contribution in [2.45, 2.75) is 34.6 Å². The van der Waals surface area contributed by atoms with Gasteiger partial charge < -0.3 is 10.6 Å². The fourth-order valence-corrected chi connectivity index (χ4v) is 2.67. The summed E-state index contributed by atoms with van der Waals surface area (Å²) in [7, 11) is 0. The summed E-state index contributed by atoms with van der Waals surface area (Å²) in [4.78, 5) is 19.4. The maximum absolute atomic E-state index is 12.5. The maximum atomic E-state index is 12.5. The number of thiazole rings is 1. The van der Waals surface area contributed by atoms with Crippen LogP contribution in [0.5, 0.6) is 0 Å². The van der Waals surface area contributed by atoms with Gasteiger partial charge in [-0.05, 0) is 32.7 Å². The second-order valence-corrected chi connectivity index (χ2v) is 6.54. The van der Waals surface area contributed by atoms with E-state index in [1.807, 2.05) is 25.7 Å². The Morgan fingerprint density at radius 1 is 1.44 bits per heavy atom. The molecule has 0 unspecified atom stereocenters. The molecule has 4 nitrogen and oxygen atoms in total. The van der Waals surface area contributed by atoms with Gasteiger partial charge in [0.05, 0.1) is 10.7 Å². The lowest BCUT2D eigenvalue weighted by Crippen LogP contribution is -2.41. The van der Waals surface area contributed by atoms with Crippen LogP contribution in [0.2, 0.25) is 0 Å². The molecule has 18 heavy (non-hydrogen) atoms. The number of hydrogen-bond acceptors (Lipinski definition) is 4. The number of nitrogens with zero attached hydrogens (tertiary/aromatic N) is 2. The zero-order chi connectivity index (χ0) is 13.9. The highest BCUT2D eigenvalue weighted by Gasteiger charge is 2.25. The Balaban J connectivity index is 2.89. The molecule has 0 fully saturated rings. The summed E-state index contributed by atoms with van der Waals surface area (Å²) in [5.74, 6) is 0.0714. The van der Waals surface area contributed by atoms with Crippen LogP contribution in [0.15, 0.2) is 0 Å². The third-order valence-corrected chi connectivity index (χ3v) is 4.00. The van der Waals surface area contributed by atoms with Gasteiger partial charge in [-0.3, -0.25) is 4.79 Å². The summed E-state index contributed by atoms with van der Waals surface area (Å²) in [6.45, 7) is 11.9. The molecule has 1 aromatic rings. The van der Waals surface area contributed by atoms with Crippen molar-refractivity contribution in [1.82, 2.24) is 9.88 Å². The largest absolute Gasteiger partial charge is 0.338 e. The van der Waals surface area contributed by atoms with Crippen LogP contribution in [0.3, 0.4) is 0 Å². The van der Waals surface area contributed by atoms with Crippen LogP contribution in [0.25, 0.3) is 0 Å². The highest BCUT2D eigenvalue weighted by Crippen LogP contribution is 2.22. The molecule has 0 aliphatic carbocycles. The standard InChI is InChI=1S/C13H23N3OS/c1-6-16(8-13(4,5)7-14)12(17)11-9(2)15-10(3)18-11/h6-8,14H2,1-5H3. The summed E-state index contributed by atoms with van der Waals surface area (Å²) in [5.41, 5.74) is 6.50. The summed E-state index contributed by atoms with van der Waals surface area (Å²) >= 11 is 1.47. The average molecular weight is 269 g/mol. The number of carbonyl (C=O) groups excluding carboxylic acids is 1. The summed E-state index contributed by atoms with van der Waals surface area (Å²) < 4.78 is 0. The van der Waals surface area contributed by atoms with Crippen LogP contribution >= 0.6 is 11.3 Å². The third kappa shape index (κ3) is 3.53. The van der Waals surface area contributed by atoms with Gasteiger partial charge in [0.1, 0.15) is 4.88 Å². The van der Waals surface area contributed by atoms with Crippen molar-refractivity contribution in [2.24, 2.45) is 11.1 Å². The third-order valence-electron chi connectivity index (χ3n) is 2.94. The molecule has 1 amide bonds. The quantitative estimate of drug-likeness (QED) is 0.891. The van der Waals surface area contributed by atoms with E-state index < -0.39 is 0 Å². The number of rotatable bonds is 5. The van der Waals surface area contributed by atoms with Crippen molar-refractivity contribution >= 4 is 17.2 Å². The highest BCUT2D eigenvalue weighted by molar-refractivity contribution is 7.13. The van der Waals surface area contributed by atoms with Crippen LogP contribution in [0.4, 0.5) is 0 Å². The Morgan fingerprint density at radius 3 is 2.44 bits per heavy atom. The fraction of sp³-hybridized carbons (Fsp3) is 0.692. The lowest BCUT2D eigenvalue weighted by Gasteiger charge is -2.30. The number of carbonyl (C=O) groups is 1. The normalized spacial score (nSPS) is 11.7. The van der Waals surface area contributed by atoms with Gasteiger partial charge in [-0.1, -0.05) is 13.8 Å². The molecule has 2 N–H and O–H groups in total. The minimum atomic E-state index is -0.0562. The molecule has 0 aromatic carbocycles. The van der Waals surface area contributed by atoms with E-state index in [1.54, 1.807) is 0 Å². The number of aromatic nitrogens is 1. The molecular weight excluding hydrogens is 246 g/mol. The van der Waals surface area contributed by atoms with Crippen molar-refractivity contribution < 1.29 is 4.79 Å². The van der Waals surface area contributed by atoms with E-state index in [2.05, 4.69) is 18.8 Å². The maximum Gasteiger partial charge on any atom is 0.265 e. The van der Waals surface area contributed by atoms with E-state index in [0.717, 1.165) is 15.6 Å². The Labute approximate surface area is 113 Å². The number of aryl methyl sites for hydroxylation is 2. The predicted molar refractivity (Wildman–Crippen MR) is 76.0 cm³/mol. The smallest absolute Gasteiger partial charge is 0.265 e. The molecule has 102 valence electrons. The molecule has 1 aromatic heterocycles. The predicted octanol–water partition coefficient (Wildman–Crippen LogP) is 2.21. The molecule has 0 bridgehead atoms. The SMILES string of the molecule is CCN(CC(C)(C)CN)C(=O)c1sc(C)nc1C. The second-order valence-electron chi connectivity index (χ2n) is 5.34. The first-order valence-electron chi connectivity index (χ1n) is 6.24. The van der Waals surface area contributed by atoms with E-state index in [9.17, 15) is 4.79 Å². The molecule has 0 aliphatic rings. The van der Waals surface area contributed by atoms with Gasteiger partial charge in [-0.15, -0.1) is 11.3 Å². The molecule has 0 spiro atoms. The number of nitrogens with two attached hydrogens (primary N) is 1. The molecule has 0 atom stereocenters. The van der Waals surface area contributed by atoms with Crippen molar-refractivity contribution in [2.75, 3.05) is 19.6 Å². The first kappa shape index (κ1) is 15.1. The summed E-state index contributed by atoms with van der Waals surface area (Å²) in [6, 6.07) is 0. The molecule has 1 heterocycles. The van der Waals surface area contributed by atoms with Gasteiger partial charge in [0, 0.05) is 13.1 Å². The summed E-state index contributed by atoms with van der Waals surface area (Å²) in [5, 5.41) is 0.935. The van der Waals surface area contributed by atoms with Gasteiger partial charge in [-0.25, -0.2) is 4.98 Å². The Hall–Kier alpha value is -0.940. The number of amides is 1. The Kier molecular flexibility index (Phi) is 4.87. The monoisotopic (exact) mass is 269 g/mol. The average Bonchev–Trinajstić information content (AvgIpc) is 2.64. The van der Waals surface area contributed by atoms with Crippen LogP contribution < -0.4 is 5.73 Å². The van der Waals surface area contributed by atoms with Crippen LogP contribution in [0, 0.1) is 19.3 Å². The molecule has 0 saturated carbocycles. The van der Waals surface area contributed by atoms with Gasteiger partial charge >= 0.3 is 0 Å². The van der Waals surface area contributed by atoms with E-state index in [0.29, 0.717) is 19.6 Å². The van der Waals surface area contributed by atoms with Gasteiger partial charge in [0.2, 0.25) is 0 Å². The van der Waals surface area contributed by atoms with E-state index in [1.165, 1.54) is 11.3 Å². The molecule has 0 aliphatic heterocycles. The van der Waals surface area contributed by atoms with Crippen molar-refractivity contribution in [1.29, 1.82) is 0 Å². The zero-order valence-corrected chi connectivity index (χ0v) is 12.7. The summed E-state index contributed by atoms with van der Waals surface area (Å²) in [6.07, 6.45) is 0. The fourth-order valence-electron chi connectivity index (χ4n) is 1.78. The lowest BCUT2D eigenvalue weighted by molar-refractivity contribution is 0.0705. The zero-order valence-electron chi connectivity index (χ0n) is 11.9. The van der Waals surface area contributed by atoms with E-state index in [4.69, 9.17) is 5.73 Å². The second kappa shape index (κ2) is 5.80. The molecule has 0 saturated heterocycles. The van der Waals surface area contributed by atoms with Gasteiger partial charge in [0.25, 0.3) is 5.91 Å². The highest BCUT2D eigenvalue weighted by atomic mass is 32.1. The van der Waals surface area contributed by atoms with Crippen LogP contribution in [0.1, 0.15) is 41.1 Å². The molecule has 0 radical (unpaired) electrons. The topological polar surface area (TPSA) is 59.2 Å². The minimum absolute atomic E-state index is 0.0562. The minimum Gasteiger partial charge on any atom is -0.338 e. The van der Waals surface area contributed by atoms with Crippen LogP contribution in [-0.4, -0.2) is 35.4 Å². The van der Waals surface area contributed by atoms with Crippen molar-refractivity contribution in [3.8, 4) is 0 Å². The van der Waals surface area contributed by atoms with Gasteiger partial charge in [0.15, 0.2) is 0 Å². The molecule has 5 heteroatoms. The molecular formula is C13H23N3OS. The first-order valence-corrected chi connectivity index (χ1v) is 7.05. The van der Waals surface area contributed by atoms with Crippen LogP contribution in [-0.2, 0) is 0 Å². The van der Waals surface area contributed by atoms with Crippen molar-refractivity contribution in [3.63, 3.8) is 0 Å².